The molecule has 5 heteroatoms. The highest BCUT2D eigenvalue weighted by Gasteiger charge is 2.42. The van der Waals surface area contributed by atoms with Gasteiger partial charge in [-0.2, -0.15) is 0 Å². The number of ketones is 1. The van der Waals surface area contributed by atoms with Gasteiger partial charge in [-0.3, -0.25) is 9.59 Å². The molecular weight excluding hydrogens is 284 g/mol. The topological polar surface area (TPSA) is 86.2 Å². The van der Waals surface area contributed by atoms with Crippen LogP contribution in [0.2, 0.25) is 0 Å². The fraction of sp³-hybridized carbons (Fsp3) is 0.250. The van der Waals surface area contributed by atoms with Crippen LogP contribution in [0.1, 0.15) is 44.5 Å². The second-order valence-electron chi connectivity index (χ2n) is 5.54. The molecule has 2 aromatic rings. The van der Waals surface area contributed by atoms with Crippen LogP contribution in [0.4, 0.5) is 5.00 Å². The minimum absolute atomic E-state index is 0.0270. The zero-order valence-electron chi connectivity index (χ0n) is 11.7. The Bertz CT molecular complexity index is 736. The first-order chi connectivity index (χ1) is 9.95. The van der Waals surface area contributed by atoms with Crippen molar-refractivity contribution in [2.75, 3.05) is 5.73 Å². The number of thiophene rings is 1. The van der Waals surface area contributed by atoms with Gasteiger partial charge in [0.2, 0.25) is 0 Å². The lowest BCUT2D eigenvalue weighted by atomic mass is 9.70. The first-order valence-electron chi connectivity index (χ1n) is 6.76. The number of primary amides is 1. The molecule has 108 valence electrons. The lowest BCUT2D eigenvalue weighted by molar-refractivity contribution is 0.0880. The summed E-state index contributed by atoms with van der Waals surface area (Å²) < 4.78 is 0. The molecule has 1 aliphatic rings. The van der Waals surface area contributed by atoms with E-state index in [2.05, 4.69) is 0 Å². The van der Waals surface area contributed by atoms with E-state index in [1.54, 1.807) is 0 Å². The highest BCUT2D eigenvalue weighted by Crippen LogP contribution is 2.44. The number of anilines is 1. The molecule has 3 rings (SSSR count). The van der Waals surface area contributed by atoms with Crippen molar-refractivity contribution in [3.8, 4) is 0 Å². The van der Waals surface area contributed by atoms with Crippen LogP contribution in [0.15, 0.2) is 30.3 Å². The number of carbonyl (C=O) groups excluding carboxylic acids is 2. The lowest BCUT2D eigenvalue weighted by Crippen LogP contribution is -2.37. The van der Waals surface area contributed by atoms with Gasteiger partial charge in [-0.05, 0) is 30.9 Å². The molecule has 0 fully saturated rings. The molecule has 4 nitrogen and oxygen atoms in total. The normalized spacial score (nSPS) is 21.1. The molecule has 0 bridgehead atoms. The van der Waals surface area contributed by atoms with Crippen molar-refractivity contribution in [1.82, 2.24) is 0 Å². The standard InChI is InChI=1S/C16H16N2O2S/c1-16(9-5-3-2-4-6-9)8-7-10-11(14(17)20)15(18)21-12(10)13(16)19/h2-6H,7-8,18H2,1H3,(H2,17,20). The van der Waals surface area contributed by atoms with Crippen LogP contribution in [0.3, 0.4) is 0 Å². The van der Waals surface area contributed by atoms with Gasteiger partial charge in [0.1, 0.15) is 0 Å². The number of nitrogens with two attached hydrogens (primary N) is 2. The predicted molar refractivity (Wildman–Crippen MR) is 83.7 cm³/mol. The van der Waals surface area contributed by atoms with Crippen molar-refractivity contribution in [3.05, 3.63) is 51.9 Å². The number of benzene rings is 1. The van der Waals surface area contributed by atoms with Crippen LogP contribution in [0.5, 0.6) is 0 Å². The quantitative estimate of drug-likeness (QED) is 0.893. The molecule has 1 aliphatic carbocycles. The van der Waals surface area contributed by atoms with E-state index >= 15 is 0 Å². The maximum Gasteiger partial charge on any atom is 0.251 e. The van der Waals surface area contributed by atoms with E-state index < -0.39 is 11.3 Å². The van der Waals surface area contributed by atoms with Crippen molar-refractivity contribution in [3.63, 3.8) is 0 Å². The fourth-order valence-corrected chi connectivity index (χ4v) is 4.19. The smallest absolute Gasteiger partial charge is 0.251 e. The van der Waals surface area contributed by atoms with Crippen LogP contribution in [-0.4, -0.2) is 11.7 Å². The zero-order chi connectivity index (χ0) is 15.2. The SMILES string of the molecule is CC1(c2ccccc2)CCc2c(sc(N)c2C(N)=O)C1=O. The molecule has 4 N–H and O–H groups in total. The molecule has 1 aromatic carbocycles. The molecule has 0 spiro atoms. The van der Waals surface area contributed by atoms with Crippen molar-refractivity contribution < 1.29 is 9.59 Å². The second-order valence-corrected chi connectivity index (χ2v) is 6.59. The van der Waals surface area contributed by atoms with Gasteiger partial charge >= 0.3 is 0 Å². The van der Waals surface area contributed by atoms with E-state index in [1.165, 1.54) is 11.3 Å². The van der Waals surface area contributed by atoms with E-state index in [0.717, 1.165) is 11.1 Å². The summed E-state index contributed by atoms with van der Waals surface area (Å²) in [5.74, 6) is -0.528. The Morgan fingerprint density at radius 3 is 2.57 bits per heavy atom. The summed E-state index contributed by atoms with van der Waals surface area (Å²) in [4.78, 5) is 25.0. The number of carbonyl (C=O) groups is 2. The van der Waals surface area contributed by atoms with Gasteiger partial charge < -0.3 is 11.5 Å². The van der Waals surface area contributed by atoms with Crippen molar-refractivity contribution in [2.45, 2.75) is 25.2 Å². The Morgan fingerprint density at radius 1 is 1.29 bits per heavy atom. The Balaban J connectivity index is 2.12. The number of Topliss-reactive ketones (excluding diaryl/α,β-unsaturated/α-hetero) is 1. The minimum atomic E-state index is -0.569. The summed E-state index contributed by atoms with van der Waals surface area (Å²) >= 11 is 1.18. The molecule has 1 amide bonds. The summed E-state index contributed by atoms with van der Waals surface area (Å²) in [7, 11) is 0. The van der Waals surface area contributed by atoms with Gasteiger partial charge in [0.05, 0.1) is 20.9 Å². The van der Waals surface area contributed by atoms with Crippen molar-refractivity contribution in [2.24, 2.45) is 5.73 Å². The van der Waals surface area contributed by atoms with Gasteiger partial charge in [-0.25, -0.2) is 0 Å². The fourth-order valence-electron chi connectivity index (χ4n) is 3.00. The number of rotatable bonds is 2. The highest BCUT2D eigenvalue weighted by atomic mass is 32.1. The number of fused-ring (bicyclic) bond motifs is 1. The number of hydrogen-bond acceptors (Lipinski definition) is 4. The maximum absolute atomic E-state index is 12.9. The lowest BCUT2D eigenvalue weighted by Gasteiger charge is -2.32. The molecule has 1 heterocycles. The molecule has 0 aliphatic heterocycles. The molecule has 1 aromatic heterocycles. The molecule has 21 heavy (non-hydrogen) atoms. The average Bonchev–Trinajstić information content (AvgIpc) is 2.81. The van der Waals surface area contributed by atoms with Gasteiger partial charge in [0.25, 0.3) is 5.91 Å². The third-order valence-corrected chi connectivity index (χ3v) is 5.33. The zero-order valence-corrected chi connectivity index (χ0v) is 12.5. The van der Waals surface area contributed by atoms with E-state index in [4.69, 9.17) is 11.5 Å². The molecule has 0 saturated heterocycles. The summed E-state index contributed by atoms with van der Waals surface area (Å²) in [6, 6.07) is 9.73. The molecular formula is C16H16N2O2S. The van der Waals surface area contributed by atoms with E-state index in [-0.39, 0.29) is 5.78 Å². The third-order valence-electron chi connectivity index (χ3n) is 4.27. The molecule has 1 unspecified atom stereocenters. The second kappa shape index (κ2) is 4.70. The summed E-state index contributed by atoms with van der Waals surface area (Å²) in [6.45, 7) is 1.95. The van der Waals surface area contributed by atoms with Crippen molar-refractivity contribution in [1.29, 1.82) is 0 Å². The first-order valence-corrected chi connectivity index (χ1v) is 7.58. The van der Waals surface area contributed by atoms with E-state index in [0.29, 0.717) is 28.3 Å². The minimum Gasteiger partial charge on any atom is -0.390 e. The number of nitrogen functional groups attached to an aromatic ring is 1. The summed E-state index contributed by atoms with van der Waals surface area (Å²) in [5, 5.41) is 0.346. The van der Waals surface area contributed by atoms with Crippen LogP contribution in [0.25, 0.3) is 0 Å². The Kier molecular flexibility index (Phi) is 3.10. The number of amides is 1. The monoisotopic (exact) mass is 300 g/mol. The van der Waals surface area contributed by atoms with E-state index in [9.17, 15) is 9.59 Å². The maximum atomic E-state index is 12.9. The van der Waals surface area contributed by atoms with Gasteiger partial charge in [-0.15, -0.1) is 11.3 Å². The highest BCUT2D eigenvalue weighted by molar-refractivity contribution is 7.18. The Labute approximate surface area is 126 Å². The van der Waals surface area contributed by atoms with Crippen LogP contribution in [-0.2, 0) is 11.8 Å². The van der Waals surface area contributed by atoms with Crippen LogP contribution in [0, 0.1) is 0 Å². The van der Waals surface area contributed by atoms with Gasteiger partial charge in [-0.1, -0.05) is 30.3 Å². The van der Waals surface area contributed by atoms with Crippen LogP contribution < -0.4 is 11.5 Å². The summed E-state index contributed by atoms with van der Waals surface area (Å²) in [5.41, 5.74) is 12.7. The Morgan fingerprint density at radius 2 is 1.95 bits per heavy atom. The predicted octanol–water partition coefficient (Wildman–Crippen LogP) is 2.52. The number of hydrogen-bond donors (Lipinski definition) is 2. The van der Waals surface area contributed by atoms with Gasteiger partial charge in [0.15, 0.2) is 5.78 Å². The molecule has 1 atom stereocenters. The summed E-state index contributed by atoms with van der Waals surface area (Å²) in [6.07, 6.45) is 1.29. The van der Waals surface area contributed by atoms with Gasteiger partial charge in [0, 0.05) is 0 Å². The molecule has 0 saturated carbocycles. The third kappa shape index (κ3) is 1.96. The Hall–Kier alpha value is -2.14. The van der Waals surface area contributed by atoms with E-state index in [1.807, 2.05) is 37.3 Å². The average molecular weight is 300 g/mol. The molecule has 0 radical (unpaired) electrons. The van der Waals surface area contributed by atoms with Crippen LogP contribution >= 0.6 is 11.3 Å². The largest absolute Gasteiger partial charge is 0.390 e. The first kappa shape index (κ1) is 13.8. The van der Waals surface area contributed by atoms with Crippen molar-refractivity contribution >= 4 is 28.0 Å².